The molecule has 1 fully saturated rings. The second kappa shape index (κ2) is 5.03. The summed E-state index contributed by atoms with van der Waals surface area (Å²) in [5.74, 6) is -2.52. The van der Waals surface area contributed by atoms with Gasteiger partial charge < -0.3 is 9.64 Å². The summed E-state index contributed by atoms with van der Waals surface area (Å²) < 4.78 is 30.6. The third kappa shape index (κ3) is 2.89. The van der Waals surface area contributed by atoms with Crippen LogP contribution in [0.1, 0.15) is 20.3 Å². The van der Waals surface area contributed by atoms with Gasteiger partial charge in [0.15, 0.2) is 0 Å². The average molecular weight is 209 g/mol. The van der Waals surface area contributed by atoms with Crippen LogP contribution in [0.25, 0.3) is 0 Å². The molecule has 0 spiro atoms. The first-order valence-electron chi connectivity index (χ1n) is 4.95. The van der Waals surface area contributed by atoms with Gasteiger partial charge in [0, 0.05) is 20.1 Å². The lowest BCUT2D eigenvalue weighted by Crippen LogP contribution is -2.30. The molecule has 0 N–H and O–H groups in total. The molecule has 0 aromatic heterocycles. The van der Waals surface area contributed by atoms with Gasteiger partial charge in [0.1, 0.15) is 0 Å². The number of rotatable bonds is 4. The van der Waals surface area contributed by atoms with Gasteiger partial charge in [-0.3, -0.25) is 0 Å². The predicted octanol–water partition coefficient (Wildman–Crippen LogP) is 2.25. The molecule has 2 nitrogen and oxygen atoms in total. The topological polar surface area (TPSA) is 12.5 Å². The third-order valence-electron chi connectivity index (χ3n) is 2.25. The molecule has 0 saturated heterocycles. The van der Waals surface area contributed by atoms with Gasteiger partial charge in [-0.25, -0.2) is 8.78 Å². The van der Waals surface area contributed by atoms with E-state index in [2.05, 4.69) is 0 Å². The van der Waals surface area contributed by atoms with Crippen molar-refractivity contribution >= 4 is 0 Å². The highest BCUT2D eigenvalue weighted by Gasteiger charge is 2.70. The molecule has 0 heterocycles. The minimum Gasteiger partial charge on any atom is -0.384 e. The standard InChI is InChI=1S/C8H15F2NO.C2H6/c1-11(2)5-7(6-12-3)4-8(7,9)10;1-2/h4-6H2,1-3H3;1-2H3. The van der Waals surface area contributed by atoms with Crippen molar-refractivity contribution in [2.24, 2.45) is 5.41 Å². The minimum atomic E-state index is -2.52. The molecule has 1 aliphatic rings. The van der Waals surface area contributed by atoms with Crippen LogP contribution in [0, 0.1) is 5.41 Å². The van der Waals surface area contributed by atoms with Crippen molar-refractivity contribution in [2.75, 3.05) is 34.4 Å². The number of nitrogens with zero attached hydrogens (tertiary/aromatic N) is 1. The van der Waals surface area contributed by atoms with E-state index in [9.17, 15) is 8.78 Å². The molecule has 0 radical (unpaired) electrons. The van der Waals surface area contributed by atoms with Crippen molar-refractivity contribution in [1.82, 2.24) is 4.90 Å². The lowest BCUT2D eigenvalue weighted by molar-refractivity contribution is 0.0123. The molecule has 0 aromatic rings. The van der Waals surface area contributed by atoms with E-state index in [4.69, 9.17) is 4.74 Å². The lowest BCUT2D eigenvalue weighted by Gasteiger charge is -2.19. The zero-order valence-corrected chi connectivity index (χ0v) is 9.73. The van der Waals surface area contributed by atoms with Crippen LogP contribution in [-0.2, 0) is 4.74 Å². The van der Waals surface area contributed by atoms with Gasteiger partial charge in [0.05, 0.1) is 12.0 Å². The highest BCUT2D eigenvalue weighted by Crippen LogP contribution is 2.60. The summed E-state index contributed by atoms with van der Waals surface area (Å²) in [5, 5.41) is 0. The number of halogens is 2. The van der Waals surface area contributed by atoms with E-state index in [1.165, 1.54) is 7.11 Å². The summed E-state index contributed by atoms with van der Waals surface area (Å²) >= 11 is 0. The molecular formula is C10H21F2NO. The molecule has 1 atom stereocenters. The maximum atomic E-state index is 12.9. The average Bonchev–Trinajstić information content (AvgIpc) is 2.55. The summed E-state index contributed by atoms with van der Waals surface area (Å²) in [6.07, 6.45) is -0.0357. The van der Waals surface area contributed by atoms with Crippen molar-refractivity contribution in [1.29, 1.82) is 0 Å². The van der Waals surface area contributed by atoms with Crippen molar-refractivity contribution in [3.63, 3.8) is 0 Å². The molecule has 0 bridgehead atoms. The first kappa shape index (κ1) is 13.8. The van der Waals surface area contributed by atoms with E-state index in [1.807, 2.05) is 13.8 Å². The fourth-order valence-electron chi connectivity index (χ4n) is 1.64. The van der Waals surface area contributed by atoms with E-state index in [1.54, 1.807) is 19.0 Å². The van der Waals surface area contributed by atoms with E-state index in [0.29, 0.717) is 6.54 Å². The first-order valence-corrected chi connectivity index (χ1v) is 4.95. The fraction of sp³-hybridized carbons (Fsp3) is 1.00. The highest BCUT2D eigenvalue weighted by molar-refractivity contribution is 5.11. The van der Waals surface area contributed by atoms with Gasteiger partial charge in [-0.15, -0.1) is 0 Å². The zero-order chi connectivity index (χ0) is 11.4. The number of methoxy groups -OCH3 is 1. The van der Waals surface area contributed by atoms with Crippen LogP contribution in [-0.4, -0.2) is 45.2 Å². The molecule has 14 heavy (non-hydrogen) atoms. The van der Waals surface area contributed by atoms with E-state index in [0.717, 1.165) is 0 Å². The SMILES string of the molecule is CC.COCC1(CN(C)C)CC1(F)F. The van der Waals surface area contributed by atoms with E-state index in [-0.39, 0.29) is 13.0 Å². The molecule has 86 valence electrons. The van der Waals surface area contributed by atoms with Crippen LogP contribution < -0.4 is 0 Å². The Morgan fingerprint density at radius 2 is 1.71 bits per heavy atom. The molecular weight excluding hydrogens is 188 g/mol. The summed E-state index contributed by atoms with van der Waals surface area (Å²) in [7, 11) is 5.06. The molecule has 1 unspecified atom stereocenters. The van der Waals surface area contributed by atoms with Gasteiger partial charge in [-0.05, 0) is 14.1 Å². The monoisotopic (exact) mass is 209 g/mol. The highest BCUT2D eigenvalue weighted by atomic mass is 19.3. The number of alkyl halides is 2. The van der Waals surface area contributed by atoms with Crippen molar-refractivity contribution in [3.05, 3.63) is 0 Å². The third-order valence-corrected chi connectivity index (χ3v) is 2.25. The molecule has 1 aliphatic carbocycles. The first-order chi connectivity index (χ1) is 6.43. The maximum Gasteiger partial charge on any atom is 0.258 e. The predicted molar refractivity (Wildman–Crippen MR) is 53.8 cm³/mol. The summed E-state index contributed by atoms with van der Waals surface area (Å²) in [5.41, 5.74) is -0.911. The normalized spacial score (nSPS) is 28.3. The summed E-state index contributed by atoms with van der Waals surface area (Å²) in [4.78, 5) is 1.78. The van der Waals surface area contributed by atoms with Crippen LogP contribution in [0.2, 0.25) is 0 Å². The number of hydrogen-bond donors (Lipinski definition) is 0. The van der Waals surface area contributed by atoms with Crippen LogP contribution in [0.5, 0.6) is 0 Å². The molecule has 0 aromatic carbocycles. The number of ether oxygens (including phenoxy) is 1. The van der Waals surface area contributed by atoms with Crippen LogP contribution in [0.4, 0.5) is 8.78 Å². The smallest absolute Gasteiger partial charge is 0.258 e. The van der Waals surface area contributed by atoms with Crippen molar-refractivity contribution in [2.45, 2.75) is 26.2 Å². The maximum absolute atomic E-state index is 12.9. The quantitative estimate of drug-likeness (QED) is 0.704. The van der Waals surface area contributed by atoms with Gasteiger partial charge in [0.2, 0.25) is 0 Å². The van der Waals surface area contributed by atoms with Crippen molar-refractivity contribution in [3.8, 4) is 0 Å². The summed E-state index contributed by atoms with van der Waals surface area (Å²) in [6.45, 7) is 4.55. The van der Waals surface area contributed by atoms with Crippen LogP contribution in [0.3, 0.4) is 0 Å². The lowest BCUT2D eigenvalue weighted by atomic mass is 10.1. The minimum absolute atomic E-state index is 0.0357. The fourth-order valence-corrected chi connectivity index (χ4v) is 1.64. The second-order valence-electron chi connectivity index (χ2n) is 3.83. The van der Waals surface area contributed by atoms with Crippen LogP contribution in [0.15, 0.2) is 0 Å². The summed E-state index contributed by atoms with van der Waals surface area (Å²) in [6, 6.07) is 0. The Balaban J connectivity index is 0.000000791. The second-order valence-corrected chi connectivity index (χ2v) is 3.83. The van der Waals surface area contributed by atoms with Gasteiger partial charge in [-0.1, -0.05) is 13.8 Å². The Kier molecular flexibility index (Phi) is 4.95. The zero-order valence-electron chi connectivity index (χ0n) is 9.73. The van der Waals surface area contributed by atoms with Gasteiger partial charge in [0.25, 0.3) is 5.92 Å². The molecule has 0 aliphatic heterocycles. The Labute approximate surface area is 85.2 Å². The van der Waals surface area contributed by atoms with Gasteiger partial charge in [-0.2, -0.15) is 0 Å². The number of hydrogen-bond acceptors (Lipinski definition) is 2. The van der Waals surface area contributed by atoms with Crippen LogP contribution >= 0.6 is 0 Å². The van der Waals surface area contributed by atoms with Gasteiger partial charge >= 0.3 is 0 Å². The Bertz CT molecular complexity index is 174. The Morgan fingerprint density at radius 3 is 1.93 bits per heavy atom. The molecule has 0 amide bonds. The van der Waals surface area contributed by atoms with E-state index < -0.39 is 11.3 Å². The molecule has 4 heteroatoms. The van der Waals surface area contributed by atoms with Crippen molar-refractivity contribution < 1.29 is 13.5 Å². The molecule has 1 saturated carbocycles. The largest absolute Gasteiger partial charge is 0.384 e. The Morgan fingerprint density at radius 1 is 1.29 bits per heavy atom. The van der Waals surface area contributed by atoms with E-state index >= 15 is 0 Å². The molecule has 1 rings (SSSR count). The Hall–Kier alpha value is -0.220.